The molecule has 0 aliphatic carbocycles. The summed E-state index contributed by atoms with van der Waals surface area (Å²) >= 11 is 3.36. The molecular formula is C13H15BrN2O. The third-order valence-corrected chi connectivity index (χ3v) is 3.35. The molecule has 17 heavy (non-hydrogen) atoms. The van der Waals surface area contributed by atoms with Crippen molar-refractivity contribution in [3.63, 3.8) is 0 Å². The van der Waals surface area contributed by atoms with Gasteiger partial charge in [-0.05, 0) is 40.4 Å². The van der Waals surface area contributed by atoms with Crippen LogP contribution >= 0.6 is 15.9 Å². The van der Waals surface area contributed by atoms with E-state index in [1.165, 1.54) is 0 Å². The van der Waals surface area contributed by atoms with E-state index in [4.69, 9.17) is 0 Å². The number of hydrogen-bond donors (Lipinski definition) is 1. The number of aromatic amines is 1. The van der Waals surface area contributed by atoms with Crippen LogP contribution in [0.1, 0.15) is 19.5 Å². The van der Waals surface area contributed by atoms with E-state index in [1.807, 2.05) is 30.3 Å². The number of aromatic nitrogens is 2. The molecule has 0 atom stereocenters. The summed E-state index contributed by atoms with van der Waals surface area (Å²) in [5.41, 5.74) is 1.77. The first-order valence-electron chi connectivity index (χ1n) is 5.64. The fraction of sp³-hybridized carbons (Fsp3) is 0.308. The van der Waals surface area contributed by atoms with Gasteiger partial charge < -0.3 is 0 Å². The molecule has 2 aromatic rings. The average molecular weight is 295 g/mol. The van der Waals surface area contributed by atoms with E-state index in [2.05, 4.69) is 34.9 Å². The lowest BCUT2D eigenvalue weighted by molar-refractivity contribution is 0.626. The van der Waals surface area contributed by atoms with E-state index < -0.39 is 0 Å². The smallest absolute Gasteiger partial charge is 0.285 e. The molecule has 0 unspecified atom stereocenters. The summed E-state index contributed by atoms with van der Waals surface area (Å²) in [5, 5.41) is 3.15. The van der Waals surface area contributed by atoms with Gasteiger partial charge >= 0.3 is 0 Å². The van der Waals surface area contributed by atoms with Gasteiger partial charge in [0, 0.05) is 0 Å². The van der Waals surface area contributed by atoms with Gasteiger partial charge in [0.25, 0.3) is 5.56 Å². The number of nitrogens with one attached hydrogen (secondary N) is 1. The number of nitrogens with zero attached hydrogens (tertiary/aromatic N) is 1. The predicted molar refractivity (Wildman–Crippen MR) is 72.6 cm³/mol. The average Bonchev–Trinajstić information content (AvgIpc) is 2.58. The Hall–Kier alpha value is -1.29. The molecule has 90 valence electrons. The van der Waals surface area contributed by atoms with E-state index in [9.17, 15) is 4.79 Å². The molecule has 0 bridgehead atoms. The van der Waals surface area contributed by atoms with Crippen molar-refractivity contribution in [1.29, 1.82) is 0 Å². The van der Waals surface area contributed by atoms with Crippen LogP contribution in [0.2, 0.25) is 0 Å². The van der Waals surface area contributed by atoms with Gasteiger partial charge in [-0.2, -0.15) is 0 Å². The van der Waals surface area contributed by atoms with Crippen molar-refractivity contribution >= 4 is 15.9 Å². The molecule has 0 saturated carbocycles. The van der Waals surface area contributed by atoms with E-state index in [-0.39, 0.29) is 5.56 Å². The number of hydrogen-bond acceptors (Lipinski definition) is 1. The summed E-state index contributed by atoms with van der Waals surface area (Å²) < 4.78 is 2.21. The second kappa shape index (κ2) is 4.92. The molecule has 0 spiro atoms. The fourth-order valence-electron chi connectivity index (χ4n) is 1.76. The van der Waals surface area contributed by atoms with Crippen LogP contribution in [0, 0.1) is 5.92 Å². The number of H-pyrrole nitrogens is 1. The van der Waals surface area contributed by atoms with Crippen molar-refractivity contribution < 1.29 is 0 Å². The van der Waals surface area contributed by atoms with Crippen molar-refractivity contribution in [2.75, 3.05) is 0 Å². The summed E-state index contributed by atoms with van der Waals surface area (Å²) in [6.07, 6.45) is 0.857. The van der Waals surface area contributed by atoms with Crippen LogP contribution in [-0.4, -0.2) is 9.78 Å². The van der Waals surface area contributed by atoms with Crippen molar-refractivity contribution in [1.82, 2.24) is 9.78 Å². The van der Waals surface area contributed by atoms with Gasteiger partial charge in [0.15, 0.2) is 0 Å². The maximum absolute atomic E-state index is 12.1. The van der Waals surface area contributed by atoms with Crippen molar-refractivity contribution in [3.05, 3.63) is 50.9 Å². The highest BCUT2D eigenvalue weighted by Gasteiger charge is 2.13. The van der Waals surface area contributed by atoms with E-state index in [0.29, 0.717) is 10.4 Å². The van der Waals surface area contributed by atoms with Crippen molar-refractivity contribution in [2.45, 2.75) is 20.3 Å². The third-order valence-electron chi connectivity index (χ3n) is 2.53. The molecule has 0 aliphatic heterocycles. The maximum atomic E-state index is 12.1. The predicted octanol–water partition coefficient (Wildman–Crippen LogP) is 3.13. The summed E-state index contributed by atoms with van der Waals surface area (Å²) in [5.74, 6) is 0.508. The molecule has 1 heterocycles. The topological polar surface area (TPSA) is 37.8 Å². The van der Waals surface area contributed by atoms with E-state index in [0.717, 1.165) is 17.8 Å². The van der Waals surface area contributed by atoms with Gasteiger partial charge in [-0.1, -0.05) is 32.0 Å². The van der Waals surface area contributed by atoms with Crippen molar-refractivity contribution in [2.24, 2.45) is 5.92 Å². The first-order chi connectivity index (χ1) is 8.09. The summed E-state index contributed by atoms with van der Waals surface area (Å²) in [6.45, 7) is 4.26. The fourth-order valence-corrected chi connectivity index (χ4v) is 2.19. The van der Waals surface area contributed by atoms with Gasteiger partial charge in [-0.15, -0.1) is 0 Å². The number of para-hydroxylation sites is 1. The minimum absolute atomic E-state index is 0.0353. The van der Waals surface area contributed by atoms with Gasteiger partial charge in [-0.25, -0.2) is 4.68 Å². The Balaban J connectivity index is 2.47. The largest absolute Gasteiger partial charge is 0.294 e. The van der Waals surface area contributed by atoms with Gasteiger partial charge in [0.1, 0.15) is 4.47 Å². The molecule has 0 aliphatic rings. The molecule has 3 nitrogen and oxygen atoms in total. The number of halogens is 1. The molecule has 1 aromatic carbocycles. The molecule has 0 fully saturated rings. The zero-order valence-electron chi connectivity index (χ0n) is 9.90. The van der Waals surface area contributed by atoms with Crippen LogP contribution in [0.4, 0.5) is 0 Å². The highest BCUT2D eigenvalue weighted by Crippen LogP contribution is 2.16. The minimum atomic E-state index is -0.0353. The normalized spacial score (nSPS) is 11.1. The SMILES string of the molecule is CC(C)Cc1[nH]n(-c2ccccc2)c(=O)c1Br. The Morgan fingerprint density at radius 3 is 2.53 bits per heavy atom. The highest BCUT2D eigenvalue weighted by molar-refractivity contribution is 9.10. The summed E-state index contributed by atoms with van der Waals surface area (Å²) in [6, 6.07) is 9.58. The maximum Gasteiger partial charge on any atom is 0.285 e. The Bertz CT molecular complexity index is 555. The minimum Gasteiger partial charge on any atom is -0.294 e. The van der Waals surface area contributed by atoms with E-state index >= 15 is 0 Å². The third kappa shape index (κ3) is 2.52. The Kier molecular flexibility index (Phi) is 3.52. The lowest BCUT2D eigenvalue weighted by Crippen LogP contribution is -2.14. The van der Waals surface area contributed by atoms with Crippen molar-refractivity contribution in [3.8, 4) is 5.69 Å². The molecule has 2 rings (SSSR count). The number of benzene rings is 1. The second-order valence-electron chi connectivity index (χ2n) is 4.48. The molecule has 0 radical (unpaired) electrons. The lowest BCUT2D eigenvalue weighted by Gasteiger charge is -2.03. The molecular weight excluding hydrogens is 280 g/mol. The quantitative estimate of drug-likeness (QED) is 0.928. The Morgan fingerprint density at radius 1 is 1.29 bits per heavy atom. The Labute approximate surface area is 109 Å². The van der Waals surface area contributed by atoms with Crippen LogP contribution in [0.25, 0.3) is 5.69 Å². The van der Waals surface area contributed by atoms with Crippen LogP contribution in [-0.2, 0) is 6.42 Å². The molecule has 1 aromatic heterocycles. The second-order valence-corrected chi connectivity index (χ2v) is 5.27. The van der Waals surface area contributed by atoms with Crippen LogP contribution in [0.15, 0.2) is 39.6 Å². The highest BCUT2D eigenvalue weighted by atomic mass is 79.9. The van der Waals surface area contributed by atoms with Crippen LogP contribution < -0.4 is 5.56 Å². The summed E-state index contributed by atoms with van der Waals surface area (Å²) in [4.78, 5) is 12.1. The van der Waals surface area contributed by atoms with Gasteiger partial charge in [0.2, 0.25) is 0 Å². The van der Waals surface area contributed by atoms with Crippen LogP contribution in [0.3, 0.4) is 0 Å². The van der Waals surface area contributed by atoms with E-state index in [1.54, 1.807) is 4.68 Å². The first kappa shape index (κ1) is 12.2. The standard InChI is InChI=1S/C13H15BrN2O/c1-9(2)8-11-12(14)13(17)16(15-11)10-6-4-3-5-7-10/h3-7,9,15H,8H2,1-2H3. The monoisotopic (exact) mass is 294 g/mol. The van der Waals surface area contributed by atoms with Crippen LogP contribution in [0.5, 0.6) is 0 Å². The zero-order chi connectivity index (χ0) is 12.4. The molecule has 0 saturated heterocycles. The lowest BCUT2D eigenvalue weighted by atomic mass is 10.1. The first-order valence-corrected chi connectivity index (χ1v) is 6.43. The zero-order valence-corrected chi connectivity index (χ0v) is 11.5. The number of rotatable bonds is 3. The summed E-state index contributed by atoms with van der Waals surface area (Å²) in [7, 11) is 0. The molecule has 1 N–H and O–H groups in total. The Morgan fingerprint density at radius 2 is 1.94 bits per heavy atom. The molecule has 0 amide bonds. The van der Waals surface area contributed by atoms with Gasteiger partial charge in [0.05, 0.1) is 11.4 Å². The van der Waals surface area contributed by atoms with Gasteiger partial charge in [-0.3, -0.25) is 9.89 Å². The molecule has 4 heteroatoms.